The summed E-state index contributed by atoms with van der Waals surface area (Å²) < 4.78 is 4.98. The quantitative estimate of drug-likeness (QED) is 0.657. The maximum atomic E-state index is 4.98. The maximum Gasteiger partial charge on any atom is 0.0724 e. The summed E-state index contributed by atoms with van der Waals surface area (Å²) in [7, 11) is 1.74. The van der Waals surface area contributed by atoms with Crippen molar-refractivity contribution in [1.82, 2.24) is 15.3 Å². The molecule has 84 valence electrons. The number of methoxy groups -OCH3 is 1. The SMILES string of the molecule is COCCCCCNCc1cnccn1. The van der Waals surface area contributed by atoms with E-state index in [-0.39, 0.29) is 0 Å². The average molecular weight is 209 g/mol. The number of hydrogen-bond donors (Lipinski definition) is 1. The molecule has 0 saturated heterocycles. The zero-order valence-corrected chi connectivity index (χ0v) is 9.28. The van der Waals surface area contributed by atoms with Crippen LogP contribution in [-0.4, -0.2) is 30.2 Å². The molecule has 0 spiro atoms. The molecule has 15 heavy (non-hydrogen) atoms. The van der Waals surface area contributed by atoms with Gasteiger partial charge in [0.2, 0.25) is 0 Å². The minimum Gasteiger partial charge on any atom is -0.385 e. The molecule has 1 aromatic heterocycles. The largest absolute Gasteiger partial charge is 0.385 e. The van der Waals surface area contributed by atoms with E-state index < -0.39 is 0 Å². The van der Waals surface area contributed by atoms with Crippen LogP contribution in [0.4, 0.5) is 0 Å². The Morgan fingerprint density at radius 3 is 2.93 bits per heavy atom. The van der Waals surface area contributed by atoms with Gasteiger partial charge >= 0.3 is 0 Å². The number of ether oxygens (including phenoxy) is 1. The van der Waals surface area contributed by atoms with Crippen molar-refractivity contribution in [1.29, 1.82) is 0 Å². The Morgan fingerprint density at radius 2 is 2.20 bits per heavy atom. The summed E-state index contributed by atoms with van der Waals surface area (Å²) >= 11 is 0. The van der Waals surface area contributed by atoms with Crippen molar-refractivity contribution in [2.75, 3.05) is 20.3 Å². The first-order valence-electron chi connectivity index (χ1n) is 5.38. The van der Waals surface area contributed by atoms with E-state index in [0.29, 0.717) is 0 Å². The molecule has 0 radical (unpaired) electrons. The van der Waals surface area contributed by atoms with E-state index in [1.807, 2.05) is 0 Å². The van der Waals surface area contributed by atoms with Crippen LogP contribution in [0.15, 0.2) is 18.6 Å². The molecular formula is C11H19N3O. The molecule has 0 aliphatic heterocycles. The molecule has 1 heterocycles. The lowest BCUT2D eigenvalue weighted by atomic mass is 10.2. The average Bonchev–Trinajstić information content (AvgIpc) is 2.29. The Bertz CT molecular complexity index is 241. The fourth-order valence-electron chi connectivity index (χ4n) is 1.31. The lowest BCUT2D eigenvalue weighted by Gasteiger charge is -2.03. The minimum absolute atomic E-state index is 0.804. The number of hydrogen-bond acceptors (Lipinski definition) is 4. The Kier molecular flexibility index (Phi) is 6.70. The van der Waals surface area contributed by atoms with Gasteiger partial charge in [-0.05, 0) is 25.8 Å². The van der Waals surface area contributed by atoms with E-state index in [1.165, 1.54) is 12.8 Å². The number of rotatable bonds is 8. The van der Waals surface area contributed by atoms with Gasteiger partial charge < -0.3 is 10.1 Å². The van der Waals surface area contributed by atoms with Gasteiger partial charge in [-0.3, -0.25) is 9.97 Å². The van der Waals surface area contributed by atoms with Gasteiger partial charge in [0.05, 0.1) is 5.69 Å². The zero-order chi connectivity index (χ0) is 10.8. The summed E-state index contributed by atoms with van der Waals surface area (Å²) in [5, 5.41) is 3.34. The summed E-state index contributed by atoms with van der Waals surface area (Å²) in [4.78, 5) is 8.19. The first kappa shape index (κ1) is 12.1. The molecule has 0 amide bonds. The van der Waals surface area contributed by atoms with Crippen LogP contribution >= 0.6 is 0 Å². The number of aromatic nitrogens is 2. The predicted molar refractivity (Wildman–Crippen MR) is 59.5 cm³/mol. The number of unbranched alkanes of at least 4 members (excludes halogenated alkanes) is 2. The highest BCUT2D eigenvalue weighted by molar-refractivity contribution is 4.93. The first-order valence-corrected chi connectivity index (χ1v) is 5.38. The van der Waals surface area contributed by atoms with Gasteiger partial charge in [0.15, 0.2) is 0 Å². The second-order valence-electron chi connectivity index (χ2n) is 3.43. The molecule has 0 atom stereocenters. The number of nitrogens with zero attached hydrogens (tertiary/aromatic N) is 2. The minimum atomic E-state index is 0.804. The number of nitrogens with one attached hydrogen (secondary N) is 1. The molecule has 1 aromatic rings. The van der Waals surface area contributed by atoms with Crippen LogP contribution < -0.4 is 5.32 Å². The third-order valence-electron chi connectivity index (χ3n) is 2.12. The van der Waals surface area contributed by atoms with Crippen molar-refractivity contribution in [2.45, 2.75) is 25.8 Å². The molecule has 0 fully saturated rings. The molecule has 0 saturated carbocycles. The van der Waals surface area contributed by atoms with Crippen LogP contribution in [0.3, 0.4) is 0 Å². The lowest BCUT2D eigenvalue weighted by molar-refractivity contribution is 0.192. The van der Waals surface area contributed by atoms with Crippen LogP contribution in [0.5, 0.6) is 0 Å². The van der Waals surface area contributed by atoms with Gasteiger partial charge in [-0.15, -0.1) is 0 Å². The molecular weight excluding hydrogens is 190 g/mol. The summed E-state index contributed by atoms with van der Waals surface area (Å²) in [5.74, 6) is 0. The standard InChI is InChI=1S/C11H19N3O/c1-15-8-4-2-3-5-12-9-11-10-13-6-7-14-11/h6-7,10,12H,2-5,8-9H2,1H3. The molecule has 0 unspecified atom stereocenters. The molecule has 0 aromatic carbocycles. The fourth-order valence-corrected chi connectivity index (χ4v) is 1.31. The Morgan fingerprint density at radius 1 is 1.27 bits per heavy atom. The molecule has 1 rings (SSSR count). The lowest BCUT2D eigenvalue weighted by Crippen LogP contribution is -2.15. The van der Waals surface area contributed by atoms with Gasteiger partial charge in [-0.25, -0.2) is 0 Å². The maximum absolute atomic E-state index is 4.98. The van der Waals surface area contributed by atoms with E-state index in [1.54, 1.807) is 25.7 Å². The van der Waals surface area contributed by atoms with Crippen molar-refractivity contribution < 1.29 is 4.74 Å². The topological polar surface area (TPSA) is 47.0 Å². The third-order valence-corrected chi connectivity index (χ3v) is 2.12. The molecule has 4 heteroatoms. The highest BCUT2D eigenvalue weighted by Gasteiger charge is 1.93. The monoisotopic (exact) mass is 209 g/mol. The normalized spacial score (nSPS) is 10.5. The van der Waals surface area contributed by atoms with Gasteiger partial charge in [-0.2, -0.15) is 0 Å². The Hall–Kier alpha value is -1.00. The molecule has 1 N–H and O–H groups in total. The molecule has 0 bridgehead atoms. The van der Waals surface area contributed by atoms with Gasteiger partial charge in [0.1, 0.15) is 0 Å². The van der Waals surface area contributed by atoms with Crippen LogP contribution in [0.25, 0.3) is 0 Å². The van der Waals surface area contributed by atoms with Crippen molar-refractivity contribution in [3.63, 3.8) is 0 Å². The Labute approximate surface area is 91.1 Å². The molecule has 4 nitrogen and oxygen atoms in total. The Balaban J connectivity index is 1.93. The molecule has 0 aliphatic rings. The first-order chi connectivity index (χ1) is 7.43. The van der Waals surface area contributed by atoms with Crippen LogP contribution in [-0.2, 0) is 11.3 Å². The summed E-state index contributed by atoms with van der Waals surface area (Å²) in [6.07, 6.45) is 8.73. The zero-order valence-electron chi connectivity index (χ0n) is 9.28. The summed E-state index contributed by atoms with van der Waals surface area (Å²) in [6.45, 7) is 2.70. The summed E-state index contributed by atoms with van der Waals surface area (Å²) in [5.41, 5.74) is 0.995. The predicted octanol–water partition coefficient (Wildman–Crippen LogP) is 1.38. The van der Waals surface area contributed by atoms with Crippen molar-refractivity contribution >= 4 is 0 Å². The second kappa shape index (κ2) is 8.32. The van der Waals surface area contributed by atoms with Crippen molar-refractivity contribution in [3.8, 4) is 0 Å². The van der Waals surface area contributed by atoms with E-state index in [9.17, 15) is 0 Å². The van der Waals surface area contributed by atoms with Gasteiger partial charge in [-0.1, -0.05) is 0 Å². The van der Waals surface area contributed by atoms with Crippen molar-refractivity contribution in [2.24, 2.45) is 0 Å². The van der Waals surface area contributed by atoms with E-state index in [0.717, 1.165) is 31.8 Å². The van der Waals surface area contributed by atoms with Gasteiger partial charge in [0, 0.05) is 38.9 Å². The smallest absolute Gasteiger partial charge is 0.0724 e. The van der Waals surface area contributed by atoms with Crippen molar-refractivity contribution in [3.05, 3.63) is 24.3 Å². The fraction of sp³-hybridized carbons (Fsp3) is 0.636. The van der Waals surface area contributed by atoms with E-state index >= 15 is 0 Å². The van der Waals surface area contributed by atoms with Crippen LogP contribution in [0.2, 0.25) is 0 Å². The third kappa shape index (κ3) is 6.14. The highest BCUT2D eigenvalue weighted by atomic mass is 16.5. The van der Waals surface area contributed by atoms with Gasteiger partial charge in [0.25, 0.3) is 0 Å². The van der Waals surface area contributed by atoms with Crippen LogP contribution in [0, 0.1) is 0 Å². The van der Waals surface area contributed by atoms with Crippen LogP contribution in [0.1, 0.15) is 25.0 Å². The van der Waals surface area contributed by atoms with E-state index in [2.05, 4.69) is 15.3 Å². The molecule has 0 aliphatic carbocycles. The highest BCUT2D eigenvalue weighted by Crippen LogP contribution is 1.95. The second-order valence-corrected chi connectivity index (χ2v) is 3.43. The van der Waals surface area contributed by atoms with E-state index in [4.69, 9.17) is 4.74 Å². The summed E-state index contributed by atoms with van der Waals surface area (Å²) in [6, 6.07) is 0.